The molecule has 6 heteroatoms. The Kier molecular flexibility index (Phi) is 2.31. The summed E-state index contributed by atoms with van der Waals surface area (Å²) in [4.78, 5) is 4.48. The Morgan fingerprint density at radius 2 is 2.12 bits per heavy atom. The number of anilines is 1. The van der Waals surface area contributed by atoms with Gasteiger partial charge >= 0.3 is 0 Å². The van der Waals surface area contributed by atoms with Crippen LogP contribution in [0.25, 0.3) is 15.3 Å². The Hall–Kier alpha value is -1.59. The molecule has 0 spiro atoms. The molecule has 4 nitrogen and oxygen atoms in total. The van der Waals surface area contributed by atoms with Crippen LogP contribution in [-0.2, 0) is 0 Å². The number of hydrogen-bond donors (Lipinski definition) is 1. The fourth-order valence-corrected chi connectivity index (χ4v) is 2.67. The number of nitrogens with zero attached hydrogens (tertiary/aromatic N) is 3. The van der Waals surface area contributed by atoms with Gasteiger partial charge in [0.25, 0.3) is 0 Å². The zero-order chi connectivity index (χ0) is 12.0. The van der Waals surface area contributed by atoms with E-state index in [1.807, 2.05) is 31.2 Å². The van der Waals surface area contributed by atoms with Crippen molar-refractivity contribution in [3.8, 4) is 5.13 Å². The topological polar surface area (TPSA) is 56.7 Å². The minimum Gasteiger partial charge on any atom is -0.382 e. The summed E-state index contributed by atoms with van der Waals surface area (Å²) < 4.78 is 2.69. The number of benzene rings is 1. The van der Waals surface area contributed by atoms with Crippen LogP contribution < -0.4 is 5.73 Å². The van der Waals surface area contributed by atoms with E-state index in [-0.39, 0.29) is 0 Å². The highest BCUT2D eigenvalue weighted by Gasteiger charge is 2.14. The van der Waals surface area contributed by atoms with Gasteiger partial charge in [-0.2, -0.15) is 9.78 Å². The normalized spacial score (nSPS) is 11.2. The highest BCUT2D eigenvalue weighted by Crippen LogP contribution is 2.29. The number of fused-ring (bicyclic) bond motifs is 1. The van der Waals surface area contributed by atoms with Crippen LogP contribution in [0.4, 0.5) is 5.82 Å². The first kappa shape index (κ1) is 10.6. The Morgan fingerprint density at radius 1 is 1.35 bits per heavy atom. The molecule has 0 fully saturated rings. The number of hydrogen-bond acceptors (Lipinski definition) is 4. The first-order valence-corrected chi connectivity index (χ1v) is 6.23. The van der Waals surface area contributed by atoms with Crippen LogP contribution in [0.1, 0.15) is 5.69 Å². The number of nitrogen functional groups attached to an aromatic ring is 1. The maximum atomic E-state index is 6.02. The van der Waals surface area contributed by atoms with Crippen LogP contribution in [-0.4, -0.2) is 14.8 Å². The molecule has 17 heavy (non-hydrogen) atoms. The Labute approximate surface area is 107 Å². The summed E-state index contributed by atoms with van der Waals surface area (Å²) in [7, 11) is 0. The van der Waals surface area contributed by atoms with Gasteiger partial charge in [-0.1, -0.05) is 35.1 Å². The SMILES string of the molecule is Cc1nn(-c2nc3ccccc3s2)c(N)c1Cl. The highest BCUT2D eigenvalue weighted by molar-refractivity contribution is 7.20. The third-order valence-electron chi connectivity index (χ3n) is 2.48. The molecular formula is C11H9ClN4S. The molecule has 0 atom stereocenters. The third kappa shape index (κ3) is 1.59. The quantitative estimate of drug-likeness (QED) is 0.735. The largest absolute Gasteiger partial charge is 0.382 e. The van der Waals surface area contributed by atoms with E-state index in [0.29, 0.717) is 16.5 Å². The molecule has 0 aliphatic carbocycles. The predicted octanol–water partition coefficient (Wildman–Crippen LogP) is 3.03. The second-order valence-corrected chi connectivity index (χ2v) is 5.05. The van der Waals surface area contributed by atoms with Gasteiger partial charge in [0, 0.05) is 0 Å². The Bertz CT molecular complexity index is 668. The summed E-state index contributed by atoms with van der Waals surface area (Å²) in [5, 5.41) is 5.51. The van der Waals surface area contributed by atoms with E-state index in [2.05, 4.69) is 10.1 Å². The number of nitrogens with two attached hydrogens (primary N) is 1. The smallest absolute Gasteiger partial charge is 0.213 e. The van der Waals surface area contributed by atoms with Gasteiger partial charge in [0.05, 0.1) is 15.9 Å². The van der Waals surface area contributed by atoms with Crippen molar-refractivity contribution in [1.82, 2.24) is 14.8 Å². The molecule has 0 saturated heterocycles. The molecule has 2 N–H and O–H groups in total. The average Bonchev–Trinajstić information content (AvgIpc) is 2.86. The molecule has 0 aliphatic rings. The van der Waals surface area contributed by atoms with Crippen molar-refractivity contribution in [2.75, 3.05) is 5.73 Å². The predicted molar refractivity (Wildman–Crippen MR) is 70.9 cm³/mol. The van der Waals surface area contributed by atoms with Crippen LogP contribution in [0.5, 0.6) is 0 Å². The zero-order valence-electron chi connectivity index (χ0n) is 9.01. The van der Waals surface area contributed by atoms with Gasteiger partial charge in [0.2, 0.25) is 5.13 Å². The van der Waals surface area contributed by atoms with Crippen LogP contribution in [0, 0.1) is 6.92 Å². The summed E-state index contributed by atoms with van der Waals surface area (Å²) in [6.07, 6.45) is 0. The maximum Gasteiger partial charge on any atom is 0.213 e. The molecule has 0 aliphatic heterocycles. The van der Waals surface area contributed by atoms with Gasteiger partial charge in [-0.3, -0.25) is 0 Å². The number of para-hydroxylation sites is 1. The first-order chi connectivity index (χ1) is 8.16. The summed E-state index contributed by atoms with van der Waals surface area (Å²) in [6.45, 7) is 1.82. The van der Waals surface area contributed by atoms with Gasteiger partial charge in [0.15, 0.2) is 0 Å². The number of halogens is 1. The molecule has 1 aromatic carbocycles. The molecule has 3 aromatic rings. The summed E-state index contributed by atoms with van der Waals surface area (Å²) >= 11 is 7.55. The molecule has 0 bridgehead atoms. The standard InChI is InChI=1S/C11H9ClN4S/c1-6-9(12)10(13)16(15-6)11-14-7-4-2-3-5-8(7)17-11/h2-5H,13H2,1H3. The van der Waals surface area contributed by atoms with Crippen molar-refractivity contribution in [3.63, 3.8) is 0 Å². The van der Waals surface area contributed by atoms with Gasteiger partial charge in [-0.05, 0) is 19.1 Å². The van der Waals surface area contributed by atoms with Gasteiger partial charge in [-0.25, -0.2) is 4.98 Å². The highest BCUT2D eigenvalue weighted by atomic mass is 35.5. The lowest BCUT2D eigenvalue weighted by Crippen LogP contribution is -2.01. The van der Waals surface area contributed by atoms with Crippen molar-refractivity contribution in [3.05, 3.63) is 35.0 Å². The maximum absolute atomic E-state index is 6.02. The van der Waals surface area contributed by atoms with Crippen molar-refractivity contribution >= 4 is 39.0 Å². The summed E-state index contributed by atoms with van der Waals surface area (Å²) in [5.41, 5.74) is 7.54. The molecule has 0 saturated carbocycles. The molecule has 3 rings (SSSR count). The minimum atomic E-state index is 0.434. The Balaban J connectivity index is 2.23. The molecule has 86 valence electrons. The van der Waals surface area contributed by atoms with E-state index >= 15 is 0 Å². The monoisotopic (exact) mass is 264 g/mol. The minimum absolute atomic E-state index is 0.434. The van der Waals surface area contributed by atoms with Crippen molar-refractivity contribution in [1.29, 1.82) is 0 Å². The second-order valence-electron chi connectivity index (χ2n) is 3.66. The number of rotatable bonds is 1. The fraction of sp³-hybridized carbons (Fsp3) is 0.0909. The third-order valence-corrected chi connectivity index (χ3v) is 3.96. The molecule has 0 unspecified atom stereocenters. The van der Waals surface area contributed by atoms with E-state index in [4.69, 9.17) is 17.3 Å². The molecule has 2 heterocycles. The van der Waals surface area contributed by atoms with Crippen LogP contribution in [0.15, 0.2) is 24.3 Å². The van der Waals surface area contributed by atoms with Crippen molar-refractivity contribution in [2.24, 2.45) is 0 Å². The lowest BCUT2D eigenvalue weighted by Gasteiger charge is -1.96. The van der Waals surface area contributed by atoms with Gasteiger partial charge in [-0.15, -0.1) is 0 Å². The van der Waals surface area contributed by atoms with E-state index < -0.39 is 0 Å². The van der Waals surface area contributed by atoms with E-state index in [1.54, 1.807) is 4.68 Å². The summed E-state index contributed by atoms with van der Waals surface area (Å²) in [6, 6.07) is 7.92. The fourth-order valence-electron chi connectivity index (χ4n) is 1.62. The second kappa shape index (κ2) is 3.72. The van der Waals surface area contributed by atoms with Crippen LogP contribution >= 0.6 is 22.9 Å². The molecule has 0 radical (unpaired) electrons. The lowest BCUT2D eigenvalue weighted by atomic mass is 10.3. The zero-order valence-corrected chi connectivity index (χ0v) is 10.6. The van der Waals surface area contributed by atoms with E-state index in [1.165, 1.54) is 11.3 Å². The average molecular weight is 265 g/mol. The number of thiazole rings is 1. The number of aryl methyl sites for hydroxylation is 1. The molecule has 2 aromatic heterocycles. The van der Waals surface area contributed by atoms with Crippen LogP contribution in [0.2, 0.25) is 5.02 Å². The molecular weight excluding hydrogens is 256 g/mol. The molecule has 0 amide bonds. The van der Waals surface area contributed by atoms with Gasteiger partial charge < -0.3 is 5.73 Å². The lowest BCUT2D eigenvalue weighted by molar-refractivity contribution is 0.865. The van der Waals surface area contributed by atoms with E-state index in [0.717, 1.165) is 15.3 Å². The number of aromatic nitrogens is 3. The van der Waals surface area contributed by atoms with Gasteiger partial charge in [0.1, 0.15) is 10.8 Å². The van der Waals surface area contributed by atoms with E-state index in [9.17, 15) is 0 Å². The first-order valence-electron chi connectivity index (χ1n) is 5.03. The Morgan fingerprint density at radius 3 is 2.76 bits per heavy atom. The van der Waals surface area contributed by atoms with Crippen molar-refractivity contribution < 1.29 is 0 Å². The summed E-state index contributed by atoms with van der Waals surface area (Å²) in [5.74, 6) is 0.434. The van der Waals surface area contributed by atoms with Crippen LogP contribution in [0.3, 0.4) is 0 Å². The van der Waals surface area contributed by atoms with Crippen molar-refractivity contribution in [2.45, 2.75) is 6.92 Å².